The standard InChI is InChI=1S/C22H22FN7OS/c1-14-24-12-19(32-14)18-10-17-20(28-18)26-13-27-21(17)29-6-8-30(9-7-29)22(31)25-11-15-2-4-16(23)5-3-15/h2-5,10,12-13H,6-9,11H2,1H3,(H,25,31)(H,26,27,28). The zero-order valence-corrected chi connectivity index (χ0v) is 18.3. The van der Waals surface area contributed by atoms with Gasteiger partial charge in [-0.3, -0.25) is 0 Å². The Hall–Kier alpha value is -3.53. The third-order valence-electron chi connectivity index (χ3n) is 5.51. The van der Waals surface area contributed by atoms with Gasteiger partial charge in [-0.25, -0.2) is 24.1 Å². The third-order valence-corrected chi connectivity index (χ3v) is 6.46. The summed E-state index contributed by atoms with van der Waals surface area (Å²) in [6.45, 7) is 4.89. The number of nitrogens with zero attached hydrogens (tertiary/aromatic N) is 5. The van der Waals surface area contributed by atoms with Crippen molar-refractivity contribution in [3.8, 4) is 10.6 Å². The number of amides is 2. The summed E-state index contributed by atoms with van der Waals surface area (Å²) in [4.78, 5) is 34.2. The molecule has 0 atom stereocenters. The number of nitrogens with one attached hydrogen (secondary N) is 2. The average Bonchev–Trinajstić information content (AvgIpc) is 3.44. The second-order valence-corrected chi connectivity index (χ2v) is 8.88. The molecule has 1 aromatic carbocycles. The molecule has 32 heavy (non-hydrogen) atoms. The molecule has 0 saturated carbocycles. The number of hydrogen-bond acceptors (Lipinski definition) is 6. The van der Waals surface area contributed by atoms with E-state index in [0.29, 0.717) is 32.7 Å². The van der Waals surface area contributed by atoms with Gasteiger partial charge >= 0.3 is 6.03 Å². The van der Waals surface area contributed by atoms with E-state index in [0.717, 1.165) is 38.0 Å². The van der Waals surface area contributed by atoms with Crippen LogP contribution in [0.1, 0.15) is 10.6 Å². The van der Waals surface area contributed by atoms with Crippen LogP contribution in [0, 0.1) is 12.7 Å². The molecule has 1 aliphatic heterocycles. The molecule has 1 saturated heterocycles. The predicted octanol–water partition coefficient (Wildman–Crippen LogP) is 3.56. The first kappa shape index (κ1) is 20.4. The molecule has 8 nitrogen and oxygen atoms in total. The van der Waals surface area contributed by atoms with Crippen LogP contribution in [0.3, 0.4) is 0 Å². The van der Waals surface area contributed by atoms with Gasteiger partial charge in [0.1, 0.15) is 23.6 Å². The molecule has 10 heteroatoms. The fourth-order valence-corrected chi connectivity index (χ4v) is 4.56. The Morgan fingerprint density at radius 1 is 1.16 bits per heavy atom. The third kappa shape index (κ3) is 4.13. The highest BCUT2D eigenvalue weighted by Crippen LogP contribution is 2.31. The summed E-state index contributed by atoms with van der Waals surface area (Å²) in [5.41, 5.74) is 2.63. The van der Waals surface area contributed by atoms with Crippen molar-refractivity contribution >= 4 is 34.2 Å². The van der Waals surface area contributed by atoms with Crippen molar-refractivity contribution in [1.82, 2.24) is 30.2 Å². The van der Waals surface area contributed by atoms with Crippen molar-refractivity contribution in [2.75, 3.05) is 31.1 Å². The maximum absolute atomic E-state index is 13.0. The molecule has 4 heterocycles. The number of carbonyl (C=O) groups is 1. The highest BCUT2D eigenvalue weighted by molar-refractivity contribution is 7.15. The van der Waals surface area contributed by atoms with Crippen LogP contribution in [0.25, 0.3) is 21.6 Å². The van der Waals surface area contributed by atoms with Gasteiger partial charge in [-0.2, -0.15) is 0 Å². The largest absolute Gasteiger partial charge is 0.352 e. The first-order chi connectivity index (χ1) is 15.6. The number of benzene rings is 1. The second-order valence-electron chi connectivity index (χ2n) is 7.65. The van der Waals surface area contributed by atoms with E-state index >= 15 is 0 Å². The van der Waals surface area contributed by atoms with Crippen LogP contribution in [0.15, 0.2) is 42.9 Å². The van der Waals surface area contributed by atoms with Crippen LogP contribution in [0.4, 0.5) is 15.0 Å². The molecule has 2 amide bonds. The number of hydrogen-bond donors (Lipinski definition) is 2. The maximum Gasteiger partial charge on any atom is 0.317 e. The van der Waals surface area contributed by atoms with E-state index in [1.54, 1.807) is 34.7 Å². The van der Waals surface area contributed by atoms with Crippen molar-refractivity contribution in [2.45, 2.75) is 13.5 Å². The van der Waals surface area contributed by atoms with Crippen LogP contribution >= 0.6 is 11.3 Å². The molecular weight excluding hydrogens is 429 g/mol. The normalized spacial score (nSPS) is 14.2. The van der Waals surface area contributed by atoms with Gasteiger partial charge in [0.05, 0.1) is 21.0 Å². The Bertz CT molecular complexity index is 1240. The van der Waals surface area contributed by atoms with Crippen LogP contribution in [0.5, 0.6) is 0 Å². The molecule has 164 valence electrons. The number of aromatic amines is 1. The number of carbonyl (C=O) groups excluding carboxylic acids is 1. The smallest absolute Gasteiger partial charge is 0.317 e. The van der Waals surface area contributed by atoms with Gasteiger partial charge < -0.3 is 20.1 Å². The van der Waals surface area contributed by atoms with E-state index in [9.17, 15) is 9.18 Å². The summed E-state index contributed by atoms with van der Waals surface area (Å²) in [5.74, 6) is 0.580. The Balaban J connectivity index is 1.24. The van der Waals surface area contributed by atoms with E-state index in [1.807, 2.05) is 13.1 Å². The monoisotopic (exact) mass is 451 g/mol. The first-order valence-electron chi connectivity index (χ1n) is 10.4. The van der Waals surface area contributed by atoms with Gasteiger partial charge in [0.25, 0.3) is 0 Å². The number of H-pyrrole nitrogens is 1. The highest BCUT2D eigenvalue weighted by Gasteiger charge is 2.24. The molecule has 0 radical (unpaired) electrons. The van der Waals surface area contributed by atoms with E-state index in [1.165, 1.54) is 12.1 Å². The van der Waals surface area contributed by atoms with Gasteiger partial charge in [0, 0.05) is 38.9 Å². The number of piperazine rings is 1. The summed E-state index contributed by atoms with van der Waals surface area (Å²) >= 11 is 1.63. The van der Waals surface area contributed by atoms with Crippen molar-refractivity contribution in [3.05, 3.63) is 59.2 Å². The fourth-order valence-electron chi connectivity index (χ4n) is 3.81. The number of urea groups is 1. The van der Waals surface area contributed by atoms with Crippen LogP contribution in [0.2, 0.25) is 0 Å². The van der Waals surface area contributed by atoms with Crippen LogP contribution in [-0.2, 0) is 6.54 Å². The SMILES string of the molecule is Cc1ncc(-c2cc3c(N4CCN(C(=O)NCc5ccc(F)cc5)CC4)ncnc3[nH]2)s1. The minimum atomic E-state index is -0.285. The summed E-state index contributed by atoms with van der Waals surface area (Å²) in [6, 6.07) is 8.08. The molecule has 1 fully saturated rings. The molecule has 0 spiro atoms. The Labute approximate surface area is 188 Å². The predicted molar refractivity (Wildman–Crippen MR) is 122 cm³/mol. The van der Waals surface area contributed by atoms with Crippen molar-refractivity contribution < 1.29 is 9.18 Å². The fraction of sp³-hybridized carbons (Fsp3) is 0.273. The number of halogens is 1. The lowest BCUT2D eigenvalue weighted by Crippen LogP contribution is -2.52. The molecule has 1 aliphatic rings. The number of anilines is 1. The van der Waals surface area contributed by atoms with Gasteiger partial charge in [0.2, 0.25) is 0 Å². The quantitative estimate of drug-likeness (QED) is 0.495. The van der Waals surface area contributed by atoms with Crippen molar-refractivity contribution in [3.63, 3.8) is 0 Å². The first-order valence-corrected chi connectivity index (χ1v) is 11.2. The minimum absolute atomic E-state index is 0.119. The lowest BCUT2D eigenvalue weighted by molar-refractivity contribution is 0.194. The van der Waals surface area contributed by atoms with Gasteiger partial charge in [-0.1, -0.05) is 12.1 Å². The number of thiazole rings is 1. The lowest BCUT2D eigenvalue weighted by atomic mass is 10.2. The molecule has 0 unspecified atom stereocenters. The zero-order valence-electron chi connectivity index (χ0n) is 17.5. The molecule has 4 aromatic rings. The lowest BCUT2D eigenvalue weighted by Gasteiger charge is -2.35. The molecule has 0 aliphatic carbocycles. The van der Waals surface area contributed by atoms with E-state index in [4.69, 9.17) is 0 Å². The number of fused-ring (bicyclic) bond motifs is 1. The summed E-state index contributed by atoms with van der Waals surface area (Å²) in [6.07, 6.45) is 3.43. The zero-order chi connectivity index (χ0) is 22.1. The average molecular weight is 452 g/mol. The van der Waals surface area contributed by atoms with Gasteiger partial charge in [-0.05, 0) is 30.7 Å². The minimum Gasteiger partial charge on any atom is -0.352 e. The molecule has 5 rings (SSSR count). The Kier molecular flexibility index (Phi) is 5.44. The number of aryl methyl sites for hydroxylation is 1. The Morgan fingerprint density at radius 2 is 1.94 bits per heavy atom. The number of aromatic nitrogens is 4. The highest BCUT2D eigenvalue weighted by atomic mass is 32.1. The van der Waals surface area contributed by atoms with Crippen molar-refractivity contribution in [2.24, 2.45) is 0 Å². The van der Waals surface area contributed by atoms with Crippen molar-refractivity contribution in [1.29, 1.82) is 0 Å². The van der Waals surface area contributed by atoms with E-state index in [2.05, 4.69) is 36.2 Å². The molecular formula is C22H22FN7OS. The summed E-state index contributed by atoms with van der Waals surface area (Å²) < 4.78 is 13.0. The molecule has 2 N–H and O–H groups in total. The maximum atomic E-state index is 13.0. The second kappa shape index (κ2) is 8.54. The van der Waals surface area contributed by atoms with Crippen LogP contribution < -0.4 is 10.2 Å². The van der Waals surface area contributed by atoms with E-state index < -0.39 is 0 Å². The molecule has 0 bridgehead atoms. The van der Waals surface area contributed by atoms with Gasteiger partial charge in [-0.15, -0.1) is 11.3 Å². The summed E-state index contributed by atoms with van der Waals surface area (Å²) in [7, 11) is 0. The van der Waals surface area contributed by atoms with Gasteiger partial charge in [0.15, 0.2) is 0 Å². The number of rotatable bonds is 4. The molecule has 3 aromatic heterocycles. The summed E-state index contributed by atoms with van der Waals surface area (Å²) in [5, 5.41) is 4.88. The topological polar surface area (TPSA) is 90.0 Å². The Morgan fingerprint density at radius 3 is 2.66 bits per heavy atom. The van der Waals surface area contributed by atoms with Crippen LogP contribution in [-0.4, -0.2) is 57.0 Å². The van der Waals surface area contributed by atoms with E-state index in [-0.39, 0.29) is 11.8 Å².